The first-order chi connectivity index (χ1) is 11.2. The lowest BCUT2D eigenvalue weighted by Gasteiger charge is -2.12. The first kappa shape index (κ1) is 14.9. The number of benzene rings is 2. The Morgan fingerprint density at radius 2 is 1.61 bits per heavy atom. The van der Waals surface area contributed by atoms with Crippen molar-refractivity contribution >= 4 is 23.0 Å². The maximum atomic E-state index is 12.1. The molecule has 0 saturated carbocycles. The second-order valence-corrected chi connectivity index (χ2v) is 4.84. The van der Waals surface area contributed by atoms with Crippen molar-refractivity contribution < 1.29 is 19.0 Å². The van der Waals surface area contributed by atoms with Gasteiger partial charge in [-0.15, -0.1) is 0 Å². The summed E-state index contributed by atoms with van der Waals surface area (Å²) in [5, 5.41) is 2.79. The Hall–Kier alpha value is -3.02. The summed E-state index contributed by atoms with van der Waals surface area (Å²) in [5.41, 5.74) is 2.42. The smallest absolute Gasteiger partial charge is 0.275 e. The number of nitrogens with one attached hydrogen (secondary N) is 1. The number of nitrogens with zero attached hydrogens (tertiary/aromatic N) is 1. The average Bonchev–Trinajstić information content (AvgIpc) is 2.89. The minimum absolute atomic E-state index is 0.236. The van der Waals surface area contributed by atoms with Gasteiger partial charge in [0.1, 0.15) is 5.71 Å². The topological polar surface area (TPSA) is 69.2 Å². The molecule has 0 aromatic heterocycles. The maximum Gasteiger partial charge on any atom is 0.275 e. The molecule has 0 bridgehead atoms. The van der Waals surface area contributed by atoms with Crippen LogP contribution in [-0.4, -0.2) is 32.9 Å². The van der Waals surface area contributed by atoms with Crippen molar-refractivity contribution in [3.8, 4) is 17.2 Å². The van der Waals surface area contributed by atoms with Crippen molar-refractivity contribution in [2.75, 3.05) is 26.6 Å². The summed E-state index contributed by atoms with van der Waals surface area (Å²) in [7, 11) is 4.60. The molecule has 0 radical (unpaired) electrons. The van der Waals surface area contributed by atoms with Crippen LogP contribution in [0, 0.1) is 0 Å². The molecule has 0 atom stereocenters. The number of para-hydroxylation sites is 1. The predicted octanol–water partition coefficient (Wildman–Crippen LogP) is 2.79. The number of methoxy groups -OCH3 is 3. The van der Waals surface area contributed by atoms with Crippen molar-refractivity contribution in [3.05, 3.63) is 42.0 Å². The van der Waals surface area contributed by atoms with E-state index in [2.05, 4.69) is 10.3 Å². The summed E-state index contributed by atoms with van der Waals surface area (Å²) in [6, 6.07) is 10.8. The van der Waals surface area contributed by atoms with Gasteiger partial charge in [0, 0.05) is 17.7 Å². The lowest BCUT2D eigenvalue weighted by Crippen LogP contribution is -2.13. The van der Waals surface area contributed by atoms with Crippen LogP contribution in [0.1, 0.15) is 5.56 Å². The predicted molar refractivity (Wildman–Crippen MR) is 87.4 cm³/mol. The number of aliphatic imine (C=N–C) groups is 1. The molecule has 6 heteroatoms. The van der Waals surface area contributed by atoms with Crippen molar-refractivity contribution in [3.63, 3.8) is 0 Å². The molecule has 1 amide bonds. The number of ether oxygens (including phenoxy) is 3. The van der Waals surface area contributed by atoms with Crippen molar-refractivity contribution in [2.24, 2.45) is 4.99 Å². The van der Waals surface area contributed by atoms with Crippen LogP contribution < -0.4 is 19.5 Å². The SMILES string of the molecule is COc1cc(N=C2C(=O)Nc3ccccc32)cc(OC)c1OC. The number of hydrogen-bond donors (Lipinski definition) is 1. The molecule has 3 rings (SSSR count). The van der Waals surface area contributed by atoms with E-state index < -0.39 is 0 Å². The van der Waals surface area contributed by atoms with Gasteiger partial charge in [-0.2, -0.15) is 0 Å². The second-order valence-electron chi connectivity index (χ2n) is 4.84. The Kier molecular flexibility index (Phi) is 3.89. The first-order valence-electron chi connectivity index (χ1n) is 6.97. The van der Waals surface area contributed by atoms with Gasteiger partial charge in [-0.25, -0.2) is 4.99 Å². The highest BCUT2D eigenvalue weighted by Crippen LogP contribution is 2.41. The summed E-state index contributed by atoms with van der Waals surface area (Å²) in [6.07, 6.45) is 0. The molecule has 0 unspecified atom stereocenters. The van der Waals surface area contributed by atoms with Crippen LogP contribution in [0.5, 0.6) is 17.2 Å². The Labute approximate surface area is 133 Å². The summed E-state index contributed by atoms with van der Waals surface area (Å²) in [5.74, 6) is 1.21. The quantitative estimate of drug-likeness (QED) is 0.942. The standard InChI is InChI=1S/C17H16N2O4/c1-21-13-8-10(9-14(22-2)16(13)23-3)18-15-11-6-4-5-7-12(11)19-17(15)20/h4-9H,1-3H3,(H,18,19,20). The number of rotatable bonds is 4. The third-order valence-electron chi connectivity index (χ3n) is 3.54. The van der Waals surface area contributed by atoms with E-state index in [0.29, 0.717) is 28.6 Å². The van der Waals surface area contributed by atoms with Crippen LogP contribution in [0.4, 0.5) is 11.4 Å². The molecule has 0 fully saturated rings. The molecule has 118 valence electrons. The van der Waals surface area contributed by atoms with Gasteiger partial charge >= 0.3 is 0 Å². The van der Waals surface area contributed by atoms with Crippen LogP contribution in [0.25, 0.3) is 0 Å². The van der Waals surface area contributed by atoms with Gasteiger partial charge in [0.15, 0.2) is 11.5 Å². The van der Waals surface area contributed by atoms with Crippen LogP contribution in [0.3, 0.4) is 0 Å². The molecule has 2 aromatic carbocycles. The zero-order valence-corrected chi connectivity index (χ0v) is 13.0. The monoisotopic (exact) mass is 312 g/mol. The maximum absolute atomic E-state index is 12.1. The zero-order chi connectivity index (χ0) is 16.4. The van der Waals surface area contributed by atoms with Crippen LogP contribution in [0.2, 0.25) is 0 Å². The van der Waals surface area contributed by atoms with E-state index in [1.165, 1.54) is 21.3 Å². The number of fused-ring (bicyclic) bond motifs is 1. The normalized spacial score (nSPS) is 14.4. The van der Waals surface area contributed by atoms with E-state index >= 15 is 0 Å². The fraction of sp³-hybridized carbons (Fsp3) is 0.176. The van der Waals surface area contributed by atoms with Gasteiger partial charge in [-0.1, -0.05) is 18.2 Å². The second kappa shape index (κ2) is 6.00. The van der Waals surface area contributed by atoms with E-state index in [-0.39, 0.29) is 5.91 Å². The molecule has 1 heterocycles. The average molecular weight is 312 g/mol. The number of carbonyl (C=O) groups excluding carboxylic acids is 1. The molecule has 23 heavy (non-hydrogen) atoms. The van der Waals surface area contributed by atoms with Gasteiger partial charge in [0.25, 0.3) is 5.91 Å². The van der Waals surface area contributed by atoms with Gasteiger partial charge in [0.05, 0.1) is 32.7 Å². The summed E-state index contributed by atoms with van der Waals surface area (Å²) in [6.45, 7) is 0. The number of carbonyl (C=O) groups is 1. The van der Waals surface area contributed by atoms with Crippen molar-refractivity contribution in [1.29, 1.82) is 0 Å². The molecule has 0 spiro atoms. The zero-order valence-electron chi connectivity index (χ0n) is 13.0. The van der Waals surface area contributed by atoms with E-state index in [1.54, 1.807) is 12.1 Å². The van der Waals surface area contributed by atoms with Crippen LogP contribution in [0.15, 0.2) is 41.4 Å². The number of hydrogen-bond acceptors (Lipinski definition) is 5. The highest BCUT2D eigenvalue weighted by atomic mass is 16.5. The molecular weight excluding hydrogens is 296 g/mol. The summed E-state index contributed by atoms with van der Waals surface area (Å²) < 4.78 is 15.9. The molecule has 1 aliphatic heterocycles. The summed E-state index contributed by atoms with van der Waals surface area (Å²) in [4.78, 5) is 16.6. The molecule has 6 nitrogen and oxygen atoms in total. The molecule has 0 saturated heterocycles. The molecular formula is C17H16N2O4. The lowest BCUT2D eigenvalue weighted by atomic mass is 10.1. The van der Waals surface area contributed by atoms with Crippen LogP contribution >= 0.6 is 0 Å². The van der Waals surface area contributed by atoms with E-state index in [4.69, 9.17) is 14.2 Å². The Bertz CT molecular complexity index is 774. The van der Waals surface area contributed by atoms with Gasteiger partial charge in [0.2, 0.25) is 5.75 Å². The highest BCUT2D eigenvalue weighted by Gasteiger charge is 2.25. The highest BCUT2D eigenvalue weighted by molar-refractivity contribution is 6.54. The number of amides is 1. The minimum Gasteiger partial charge on any atom is -0.493 e. The fourth-order valence-corrected chi connectivity index (χ4v) is 2.47. The Morgan fingerprint density at radius 3 is 2.22 bits per heavy atom. The van der Waals surface area contributed by atoms with Gasteiger partial charge < -0.3 is 19.5 Å². The van der Waals surface area contributed by atoms with Crippen molar-refractivity contribution in [2.45, 2.75) is 0 Å². The molecule has 2 aromatic rings. The Balaban J connectivity index is 2.11. The molecule has 1 aliphatic rings. The third kappa shape index (κ3) is 2.59. The van der Waals surface area contributed by atoms with Gasteiger partial charge in [-0.05, 0) is 6.07 Å². The minimum atomic E-state index is -0.236. The number of anilines is 1. The molecule has 1 N–H and O–H groups in total. The fourth-order valence-electron chi connectivity index (χ4n) is 2.47. The first-order valence-corrected chi connectivity index (χ1v) is 6.97. The molecule has 0 aliphatic carbocycles. The lowest BCUT2D eigenvalue weighted by molar-refractivity contribution is -0.110. The van der Waals surface area contributed by atoms with E-state index in [1.807, 2.05) is 24.3 Å². The van der Waals surface area contributed by atoms with E-state index in [9.17, 15) is 4.79 Å². The largest absolute Gasteiger partial charge is 0.493 e. The summed E-state index contributed by atoms with van der Waals surface area (Å²) >= 11 is 0. The van der Waals surface area contributed by atoms with E-state index in [0.717, 1.165) is 11.3 Å². The van der Waals surface area contributed by atoms with Crippen molar-refractivity contribution in [1.82, 2.24) is 0 Å². The van der Waals surface area contributed by atoms with Gasteiger partial charge in [-0.3, -0.25) is 4.79 Å². The Morgan fingerprint density at radius 1 is 0.957 bits per heavy atom. The van der Waals surface area contributed by atoms with Crippen LogP contribution in [-0.2, 0) is 4.79 Å². The third-order valence-corrected chi connectivity index (χ3v) is 3.54.